The maximum absolute atomic E-state index is 2.62. The van der Waals surface area contributed by atoms with E-state index in [1.54, 1.807) is 0 Å². The molecule has 0 radical (unpaired) electrons. The van der Waals surface area contributed by atoms with Gasteiger partial charge in [-0.3, -0.25) is 4.90 Å². The van der Waals surface area contributed by atoms with Crippen molar-refractivity contribution in [3.05, 3.63) is 107 Å². The van der Waals surface area contributed by atoms with Crippen molar-refractivity contribution in [3.63, 3.8) is 0 Å². The van der Waals surface area contributed by atoms with Crippen LogP contribution >= 0.6 is 24.0 Å². The minimum absolute atomic E-state index is 0. The maximum Gasteiger partial charge on any atom is 0.0607 e. The number of nitrogens with zero attached hydrogens (tertiary/aromatic N) is 1. The molecule has 128 valence electrons. The zero-order chi connectivity index (χ0) is 16.4. The van der Waals surface area contributed by atoms with Gasteiger partial charge in [-0.2, -0.15) is 0 Å². The lowest BCUT2D eigenvalue weighted by atomic mass is 9.87. The molecule has 0 aliphatic carbocycles. The molecule has 2 heteroatoms. The second-order valence-electron chi connectivity index (χ2n) is 6.72. The van der Waals surface area contributed by atoms with E-state index in [1.807, 2.05) is 0 Å². The Labute approximate surface area is 167 Å². The molecular formula is C23H24IN. The van der Waals surface area contributed by atoms with Gasteiger partial charge in [0.25, 0.3) is 0 Å². The molecule has 25 heavy (non-hydrogen) atoms. The van der Waals surface area contributed by atoms with E-state index >= 15 is 0 Å². The normalized spacial score (nSPS) is 16.8. The lowest BCUT2D eigenvalue weighted by Crippen LogP contribution is -2.35. The number of hydrogen-bond donors (Lipinski definition) is 0. The van der Waals surface area contributed by atoms with Gasteiger partial charge in [0, 0.05) is 13.1 Å². The molecule has 0 aromatic heterocycles. The number of halogens is 1. The Bertz CT molecular complexity index is 814. The number of aryl methyl sites for hydroxylation is 1. The molecule has 0 bridgehead atoms. The van der Waals surface area contributed by atoms with Gasteiger partial charge in [-0.25, -0.2) is 0 Å². The van der Waals surface area contributed by atoms with E-state index < -0.39 is 0 Å². The lowest BCUT2D eigenvalue weighted by Gasteiger charge is -2.38. The molecule has 4 rings (SSSR count). The van der Waals surface area contributed by atoms with Crippen molar-refractivity contribution in [1.29, 1.82) is 0 Å². The summed E-state index contributed by atoms with van der Waals surface area (Å²) in [5.41, 5.74) is 7.09. The molecule has 3 aromatic rings. The molecule has 0 saturated heterocycles. The fourth-order valence-corrected chi connectivity index (χ4v) is 3.80. The molecule has 0 fully saturated rings. The van der Waals surface area contributed by atoms with Gasteiger partial charge in [-0.15, -0.1) is 24.0 Å². The van der Waals surface area contributed by atoms with Crippen LogP contribution in [-0.4, -0.2) is 11.4 Å². The molecule has 0 amide bonds. The fraction of sp³-hybridized carbons (Fsp3) is 0.217. The highest BCUT2D eigenvalue weighted by atomic mass is 127. The Morgan fingerprint density at radius 3 is 2.28 bits per heavy atom. The molecule has 1 aliphatic rings. The Kier molecular flexibility index (Phi) is 5.92. The van der Waals surface area contributed by atoms with Crippen molar-refractivity contribution in [3.8, 4) is 0 Å². The average Bonchev–Trinajstić information content (AvgIpc) is 2.63. The highest BCUT2D eigenvalue weighted by Crippen LogP contribution is 2.36. The fourth-order valence-electron chi connectivity index (χ4n) is 3.80. The number of rotatable bonds is 3. The summed E-state index contributed by atoms with van der Waals surface area (Å²) >= 11 is 0. The van der Waals surface area contributed by atoms with Gasteiger partial charge >= 0.3 is 0 Å². The lowest BCUT2D eigenvalue weighted by molar-refractivity contribution is 0.204. The van der Waals surface area contributed by atoms with Crippen molar-refractivity contribution >= 4 is 24.0 Å². The largest absolute Gasteiger partial charge is 0.288 e. The van der Waals surface area contributed by atoms with Gasteiger partial charge < -0.3 is 0 Å². The summed E-state index contributed by atoms with van der Waals surface area (Å²) in [6, 6.07) is 29.0. The highest BCUT2D eigenvalue weighted by molar-refractivity contribution is 14.0. The Morgan fingerprint density at radius 2 is 1.56 bits per heavy atom. The van der Waals surface area contributed by atoms with Crippen LogP contribution in [0.3, 0.4) is 0 Å². The van der Waals surface area contributed by atoms with Crippen LogP contribution in [0.5, 0.6) is 0 Å². The summed E-state index contributed by atoms with van der Waals surface area (Å²) in [6.45, 7) is 4.29. The molecule has 3 aromatic carbocycles. The minimum Gasteiger partial charge on any atom is -0.288 e. The Morgan fingerprint density at radius 1 is 0.880 bits per heavy atom. The Balaban J connectivity index is 0.00000182. The molecule has 1 aliphatic heterocycles. The predicted octanol–water partition coefficient (Wildman–Crippen LogP) is 5.76. The van der Waals surface area contributed by atoms with Crippen LogP contribution in [0.4, 0.5) is 0 Å². The smallest absolute Gasteiger partial charge is 0.0607 e. The quantitative estimate of drug-likeness (QED) is 0.467. The molecule has 1 unspecified atom stereocenters. The Hall–Kier alpha value is -1.65. The third-order valence-corrected chi connectivity index (χ3v) is 4.97. The SMILES string of the molecule is Cc1ccc2c(c1)C(c1ccccc1)N(Cc1ccccc1)CC2.I. The average molecular weight is 441 g/mol. The van der Waals surface area contributed by atoms with E-state index in [-0.39, 0.29) is 24.0 Å². The third-order valence-electron chi connectivity index (χ3n) is 4.97. The van der Waals surface area contributed by atoms with Crippen LogP contribution in [-0.2, 0) is 13.0 Å². The van der Waals surface area contributed by atoms with E-state index in [4.69, 9.17) is 0 Å². The first-order chi connectivity index (χ1) is 11.8. The van der Waals surface area contributed by atoms with Crippen molar-refractivity contribution in [2.75, 3.05) is 6.54 Å². The molecule has 1 nitrogen and oxygen atoms in total. The van der Waals surface area contributed by atoms with Crippen LogP contribution < -0.4 is 0 Å². The van der Waals surface area contributed by atoms with Gasteiger partial charge in [-0.05, 0) is 35.6 Å². The topological polar surface area (TPSA) is 3.24 Å². The first kappa shape index (κ1) is 18.2. The number of hydrogen-bond acceptors (Lipinski definition) is 1. The van der Waals surface area contributed by atoms with Crippen LogP contribution in [0.1, 0.15) is 33.9 Å². The van der Waals surface area contributed by atoms with Crippen molar-refractivity contribution in [2.24, 2.45) is 0 Å². The summed E-state index contributed by atoms with van der Waals surface area (Å²) in [5, 5.41) is 0. The number of benzene rings is 3. The zero-order valence-electron chi connectivity index (χ0n) is 14.6. The minimum atomic E-state index is 0. The van der Waals surface area contributed by atoms with E-state index in [9.17, 15) is 0 Å². The van der Waals surface area contributed by atoms with E-state index in [1.165, 1.54) is 27.8 Å². The first-order valence-electron chi connectivity index (χ1n) is 8.73. The second kappa shape index (κ2) is 8.15. The predicted molar refractivity (Wildman–Crippen MR) is 115 cm³/mol. The summed E-state index contributed by atoms with van der Waals surface area (Å²) in [5.74, 6) is 0. The zero-order valence-corrected chi connectivity index (χ0v) is 16.9. The second-order valence-corrected chi connectivity index (χ2v) is 6.72. The molecule has 1 heterocycles. The molecule has 0 N–H and O–H groups in total. The molecular weight excluding hydrogens is 417 g/mol. The van der Waals surface area contributed by atoms with Gasteiger partial charge in [0.1, 0.15) is 0 Å². The van der Waals surface area contributed by atoms with Gasteiger partial charge in [0.15, 0.2) is 0 Å². The van der Waals surface area contributed by atoms with E-state index in [2.05, 4.69) is 90.7 Å². The van der Waals surface area contributed by atoms with Crippen molar-refractivity contribution in [2.45, 2.75) is 25.9 Å². The van der Waals surface area contributed by atoms with E-state index in [0.717, 1.165) is 19.5 Å². The van der Waals surface area contributed by atoms with Crippen LogP contribution in [0, 0.1) is 6.92 Å². The summed E-state index contributed by atoms with van der Waals surface area (Å²) in [4.78, 5) is 2.62. The maximum atomic E-state index is 2.62. The number of fused-ring (bicyclic) bond motifs is 1. The van der Waals surface area contributed by atoms with Crippen LogP contribution in [0.2, 0.25) is 0 Å². The van der Waals surface area contributed by atoms with E-state index in [0.29, 0.717) is 6.04 Å². The summed E-state index contributed by atoms with van der Waals surface area (Å²) < 4.78 is 0. The molecule has 0 saturated carbocycles. The highest BCUT2D eigenvalue weighted by Gasteiger charge is 2.28. The first-order valence-corrected chi connectivity index (χ1v) is 8.73. The molecule has 1 atom stereocenters. The standard InChI is InChI=1S/C23H23N.HI/c1-18-12-13-20-14-15-24(17-19-8-4-2-5-9-19)23(22(20)16-18)21-10-6-3-7-11-21;/h2-13,16,23H,14-15,17H2,1H3;1H. The van der Waals surface area contributed by atoms with Gasteiger partial charge in [0.2, 0.25) is 0 Å². The molecule has 0 spiro atoms. The van der Waals surface area contributed by atoms with Gasteiger partial charge in [-0.1, -0.05) is 84.4 Å². The summed E-state index contributed by atoms with van der Waals surface area (Å²) in [7, 11) is 0. The third kappa shape index (κ3) is 3.96. The van der Waals surface area contributed by atoms with Gasteiger partial charge in [0.05, 0.1) is 6.04 Å². The summed E-state index contributed by atoms with van der Waals surface area (Å²) in [6.07, 6.45) is 1.13. The monoisotopic (exact) mass is 441 g/mol. The van der Waals surface area contributed by atoms with Crippen molar-refractivity contribution < 1.29 is 0 Å². The van der Waals surface area contributed by atoms with Crippen LogP contribution in [0.15, 0.2) is 78.9 Å². The van der Waals surface area contributed by atoms with Crippen LogP contribution in [0.25, 0.3) is 0 Å². The van der Waals surface area contributed by atoms with Crippen molar-refractivity contribution in [1.82, 2.24) is 4.90 Å².